The topological polar surface area (TPSA) is 44.5 Å². The van der Waals surface area contributed by atoms with E-state index in [9.17, 15) is 35.1 Å². The van der Waals surface area contributed by atoms with E-state index < -0.39 is 63.5 Å². The summed E-state index contributed by atoms with van der Waals surface area (Å²) in [5.41, 5.74) is -7.47. The average Bonchev–Trinajstić information content (AvgIpc) is 2.84. The van der Waals surface area contributed by atoms with Crippen LogP contribution < -0.4 is 5.73 Å². The van der Waals surface area contributed by atoms with Gasteiger partial charge in [-0.15, -0.1) is 0 Å². The van der Waals surface area contributed by atoms with Gasteiger partial charge < -0.3 is 5.73 Å². The van der Waals surface area contributed by atoms with Gasteiger partial charge in [0.15, 0.2) is 0 Å². The molecule has 1 heterocycles. The summed E-state index contributed by atoms with van der Waals surface area (Å²) in [5, 5.41) is 0. The second kappa shape index (κ2) is 7.55. The average molecular weight is 543 g/mol. The Kier molecular flexibility index (Phi) is 6.91. The molecule has 0 aromatic rings. The summed E-state index contributed by atoms with van der Waals surface area (Å²) >= 11 is 0. The fourth-order valence-electron chi connectivity index (χ4n) is 3.61. The molecule has 0 aromatic heterocycles. The van der Waals surface area contributed by atoms with Gasteiger partial charge in [-0.05, 0) is 6.92 Å². The molecule has 0 spiro atoms. The van der Waals surface area contributed by atoms with Crippen LogP contribution in [0.15, 0.2) is 0 Å². The van der Waals surface area contributed by atoms with E-state index in [1.807, 2.05) is 0 Å². The highest BCUT2D eigenvalue weighted by atomic mass is 19.4. The van der Waals surface area contributed by atoms with E-state index in [4.69, 9.17) is 5.73 Å². The van der Waals surface area contributed by atoms with Crippen molar-refractivity contribution in [2.24, 2.45) is 22.0 Å². The fourth-order valence-corrected chi connectivity index (χ4v) is 3.61. The lowest BCUT2D eigenvalue weighted by atomic mass is 9.59. The van der Waals surface area contributed by atoms with Gasteiger partial charge in [-0.3, -0.25) is 9.47 Å². The Morgan fingerprint density at radius 1 is 0.543 bits per heavy atom. The summed E-state index contributed by atoms with van der Waals surface area (Å²) in [6, 6.07) is 0. The number of alkyl halides is 12. The van der Waals surface area contributed by atoms with Crippen LogP contribution in [0.5, 0.6) is 0 Å². The van der Waals surface area contributed by atoms with E-state index in [-0.39, 0.29) is 20.8 Å². The molecule has 0 bridgehead atoms. The highest BCUT2D eigenvalue weighted by molar-refractivity contribution is 5.22. The lowest BCUT2D eigenvalue weighted by molar-refractivity contribution is -0.463. The molecule has 0 aromatic carbocycles. The molecule has 1 rings (SSSR count). The molecule has 35 heavy (non-hydrogen) atoms. The Morgan fingerprint density at radius 2 is 0.857 bits per heavy atom. The lowest BCUT2D eigenvalue weighted by Gasteiger charge is -2.56. The Balaban J connectivity index is 4.11. The molecule has 3 nitrogen and oxygen atoms in total. The van der Waals surface area contributed by atoms with Crippen LogP contribution >= 0.6 is 0 Å². The minimum Gasteiger partial charge on any atom is -0.320 e. The summed E-state index contributed by atoms with van der Waals surface area (Å²) in [4.78, 5) is 0. The smallest absolute Gasteiger partial charge is 0.320 e. The fraction of sp³-hybridized carbons (Fsp3) is 1.00. The van der Waals surface area contributed by atoms with Gasteiger partial charge in [0.05, 0.1) is 11.0 Å². The Labute approximate surface area is 194 Å². The molecule has 210 valence electrons. The standard InChI is InChI=1S/C20H29F12NO2/c1-10(2,3)14(21,22)15(23,24)12(7,8)13(9,33)17(26)16(25,11(4,5)6)34-18(35-17,19(27,28)29)20(30,31)32/h33H2,1-9H3. The van der Waals surface area contributed by atoms with Gasteiger partial charge in [-0.2, -0.15) is 43.9 Å². The number of hydrogen-bond acceptors (Lipinski definition) is 3. The van der Waals surface area contributed by atoms with E-state index in [1.165, 1.54) is 0 Å². The molecule has 1 saturated heterocycles. The van der Waals surface area contributed by atoms with Gasteiger partial charge >= 0.3 is 30.0 Å². The lowest BCUT2D eigenvalue weighted by Crippen LogP contribution is -2.78. The minimum absolute atomic E-state index is 0.0614. The van der Waals surface area contributed by atoms with Gasteiger partial charge in [0.25, 0.3) is 11.7 Å². The summed E-state index contributed by atoms with van der Waals surface area (Å²) in [6.45, 7) is 4.07. The predicted octanol–water partition coefficient (Wildman–Crippen LogP) is 7.29. The third kappa shape index (κ3) is 3.76. The van der Waals surface area contributed by atoms with Crippen LogP contribution in [0.4, 0.5) is 52.7 Å². The largest absolute Gasteiger partial charge is 0.453 e. The van der Waals surface area contributed by atoms with E-state index in [1.54, 1.807) is 0 Å². The second-order valence-corrected chi connectivity index (χ2v) is 11.5. The maximum atomic E-state index is 16.5. The number of nitrogens with two attached hydrogens (primary N) is 1. The van der Waals surface area contributed by atoms with Crippen LogP contribution in [0.1, 0.15) is 62.3 Å². The molecule has 0 amide bonds. The molecular formula is C20H29F12NO2. The molecule has 1 fully saturated rings. The van der Waals surface area contributed by atoms with E-state index in [2.05, 4.69) is 9.47 Å². The molecule has 0 saturated carbocycles. The molecule has 3 atom stereocenters. The zero-order chi connectivity index (χ0) is 28.9. The maximum absolute atomic E-state index is 16.5. The first kappa shape index (κ1) is 32.1. The first-order valence-corrected chi connectivity index (χ1v) is 10.1. The second-order valence-electron chi connectivity index (χ2n) is 11.5. The molecule has 2 N–H and O–H groups in total. The quantitative estimate of drug-likeness (QED) is 0.379. The van der Waals surface area contributed by atoms with Crippen molar-refractivity contribution in [3.05, 3.63) is 0 Å². The van der Waals surface area contributed by atoms with Gasteiger partial charge in [0.2, 0.25) is 0 Å². The summed E-state index contributed by atoms with van der Waals surface area (Å²) in [5.74, 6) is -26.6. The van der Waals surface area contributed by atoms with Crippen molar-refractivity contribution in [3.8, 4) is 0 Å². The zero-order valence-corrected chi connectivity index (χ0v) is 20.4. The Morgan fingerprint density at radius 3 is 1.11 bits per heavy atom. The molecule has 3 unspecified atom stereocenters. The normalized spacial score (nSPS) is 29.3. The molecule has 15 heteroatoms. The highest BCUT2D eigenvalue weighted by Gasteiger charge is 2.92. The molecule has 1 aliphatic heterocycles. The van der Waals surface area contributed by atoms with Crippen LogP contribution in [-0.2, 0) is 9.47 Å². The van der Waals surface area contributed by atoms with Gasteiger partial charge in [0.1, 0.15) is 0 Å². The molecule has 0 aliphatic carbocycles. The molecule has 0 radical (unpaired) electrons. The van der Waals surface area contributed by atoms with Crippen molar-refractivity contribution < 1.29 is 62.2 Å². The van der Waals surface area contributed by atoms with Gasteiger partial charge in [0, 0.05) is 10.8 Å². The summed E-state index contributed by atoms with van der Waals surface area (Å²) in [6.07, 6.45) is -13.4. The maximum Gasteiger partial charge on any atom is 0.453 e. The number of rotatable bonds is 4. The van der Waals surface area contributed by atoms with Crippen molar-refractivity contribution >= 4 is 0 Å². The van der Waals surface area contributed by atoms with Crippen molar-refractivity contribution in [1.29, 1.82) is 0 Å². The third-order valence-corrected chi connectivity index (χ3v) is 6.78. The SMILES string of the molecule is CC(C)(C)C(F)(F)C(F)(F)C(C)(C)C(C)(N)C1(F)OC(C(F)(F)F)(C(F)(F)F)OC1(F)C(C)(C)C. The molecule has 1 aliphatic rings. The van der Waals surface area contributed by atoms with Crippen molar-refractivity contribution in [1.82, 2.24) is 0 Å². The summed E-state index contributed by atoms with van der Waals surface area (Å²) < 4.78 is 182. The van der Waals surface area contributed by atoms with E-state index in [0.717, 1.165) is 0 Å². The Bertz CT molecular complexity index is 806. The zero-order valence-electron chi connectivity index (χ0n) is 20.4. The number of hydrogen-bond donors (Lipinski definition) is 1. The number of ether oxygens (including phenoxy) is 2. The van der Waals surface area contributed by atoms with E-state index in [0.29, 0.717) is 41.5 Å². The first-order chi connectivity index (χ1) is 14.7. The van der Waals surface area contributed by atoms with Crippen LogP contribution in [-0.4, -0.2) is 47.2 Å². The predicted molar refractivity (Wildman–Crippen MR) is 99.9 cm³/mol. The van der Waals surface area contributed by atoms with Crippen LogP contribution in [0.25, 0.3) is 0 Å². The number of halogens is 12. The van der Waals surface area contributed by atoms with Crippen molar-refractivity contribution in [2.45, 2.75) is 110 Å². The first-order valence-electron chi connectivity index (χ1n) is 10.1. The van der Waals surface area contributed by atoms with Gasteiger partial charge in [-0.1, -0.05) is 55.4 Å². The monoisotopic (exact) mass is 543 g/mol. The van der Waals surface area contributed by atoms with E-state index >= 15 is 17.6 Å². The highest BCUT2D eigenvalue weighted by Crippen LogP contribution is 2.69. The Hall–Kier alpha value is -0.960. The van der Waals surface area contributed by atoms with Crippen molar-refractivity contribution in [3.63, 3.8) is 0 Å². The summed E-state index contributed by atoms with van der Waals surface area (Å²) in [7, 11) is 0. The minimum atomic E-state index is -6.71. The van der Waals surface area contributed by atoms with Crippen LogP contribution in [0, 0.1) is 16.2 Å². The molecular weight excluding hydrogens is 514 g/mol. The van der Waals surface area contributed by atoms with Crippen LogP contribution in [0.3, 0.4) is 0 Å². The van der Waals surface area contributed by atoms with Crippen molar-refractivity contribution in [2.75, 3.05) is 0 Å². The third-order valence-electron chi connectivity index (χ3n) is 6.78. The van der Waals surface area contributed by atoms with Crippen LogP contribution in [0.2, 0.25) is 0 Å². The van der Waals surface area contributed by atoms with Gasteiger partial charge in [-0.25, -0.2) is 8.78 Å².